The highest BCUT2D eigenvalue weighted by Crippen LogP contribution is 2.38. The first-order valence-corrected chi connectivity index (χ1v) is 7.14. The Balaban J connectivity index is 1.65. The van der Waals surface area contributed by atoms with Gasteiger partial charge in [-0.2, -0.15) is 0 Å². The van der Waals surface area contributed by atoms with Gasteiger partial charge < -0.3 is 25.2 Å². The van der Waals surface area contributed by atoms with Gasteiger partial charge in [0.1, 0.15) is 6.10 Å². The van der Waals surface area contributed by atoms with Crippen molar-refractivity contribution in [1.82, 2.24) is 10.6 Å². The molecule has 1 saturated carbocycles. The fourth-order valence-corrected chi connectivity index (χ4v) is 2.54. The highest BCUT2D eigenvalue weighted by Gasteiger charge is 2.43. The SMILES string of the molecule is O=C(NCCCO)C(=O)NC[C@@H]1COC2(CCCC2)O1. The number of carbonyl (C=O) groups is 2. The van der Waals surface area contributed by atoms with Crippen molar-refractivity contribution in [2.24, 2.45) is 0 Å². The molecule has 0 aromatic heterocycles. The van der Waals surface area contributed by atoms with E-state index >= 15 is 0 Å². The van der Waals surface area contributed by atoms with Crippen LogP contribution in [0.3, 0.4) is 0 Å². The number of hydrogen-bond donors (Lipinski definition) is 3. The van der Waals surface area contributed by atoms with E-state index in [0.717, 1.165) is 25.7 Å². The molecule has 0 radical (unpaired) electrons. The Labute approximate surface area is 118 Å². The molecule has 1 spiro atoms. The van der Waals surface area contributed by atoms with Crippen molar-refractivity contribution < 1.29 is 24.2 Å². The van der Waals surface area contributed by atoms with Gasteiger partial charge in [0.05, 0.1) is 6.61 Å². The number of hydrogen-bond acceptors (Lipinski definition) is 5. The lowest BCUT2D eigenvalue weighted by Gasteiger charge is -2.21. The number of amides is 2. The maximum atomic E-state index is 11.5. The molecule has 114 valence electrons. The normalized spacial score (nSPS) is 23.9. The maximum absolute atomic E-state index is 11.5. The second kappa shape index (κ2) is 7.01. The molecule has 1 atom stereocenters. The summed E-state index contributed by atoms with van der Waals surface area (Å²) in [5.74, 6) is -1.81. The summed E-state index contributed by atoms with van der Waals surface area (Å²) in [4.78, 5) is 22.9. The zero-order chi connectivity index (χ0) is 14.4. The van der Waals surface area contributed by atoms with Gasteiger partial charge in [-0.3, -0.25) is 9.59 Å². The predicted molar refractivity (Wildman–Crippen MR) is 69.7 cm³/mol. The van der Waals surface area contributed by atoms with Crippen LogP contribution in [0.1, 0.15) is 32.1 Å². The molecule has 7 nitrogen and oxygen atoms in total. The molecule has 1 aliphatic heterocycles. The number of carbonyl (C=O) groups excluding carboxylic acids is 2. The molecular formula is C13H22N2O5. The molecule has 2 amide bonds. The number of rotatable bonds is 5. The molecule has 0 bridgehead atoms. The molecule has 1 aliphatic carbocycles. The molecule has 2 aliphatic rings. The Hall–Kier alpha value is -1.18. The molecule has 1 saturated heterocycles. The molecule has 20 heavy (non-hydrogen) atoms. The van der Waals surface area contributed by atoms with E-state index in [9.17, 15) is 9.59 Å². The van der Waals surface area contributed by atoms with Crippen LogP contribution in [0.4, 0.5) is 0 Å². The topological polar surface area (TPSA) is 96.9 Å². The van der Waals surface area contributed by atoms with E-state index in [1.807, 2.05) is 0 Å². The highest BCUT2D eigenvalue weighted by atomic mass is 16.7. The number of aliphatic hydroxyl groups excluding tert-OH is 1. The molecule has 0 aromatic carbocycles. The molecule has 7 heteroatoms. The lowest BCUT2D eigenvalue weighted by molar-refractivity contribution is -0.161. The number of ether oxygens (including phenoxy) is 2. The Morgan fingerprint density at radius 2 is 1.90 bits per heavy atom. The van der Waals surface area contributed by atoms with Crippen LogP contribution < -0.4 is 10.6 Å². The third-order valence-corrected chi connectivity index (χ3v) is 3.60. The van der Waals surface area contributed by atoms with Crippen molar-refractivity contribution in [2.45, 2.75) is 44.0 Å². The molecule has 2 fully saturated rings. The molecule has 3 N–H and O–H groups in total. The van der Waals surface area contributed by atoms with Crippen molar-refractivity contribution in [2.75, 3.05) is 26.3 Å². The first kappa shape index (κ1) is 15.2. The smallest absolute Gasteiger partial charge is 0.309 e. The average molecular weight is 286 g/mol. The van der Waals surface area contributed by atoms with E-state index in [0.29, 0.717) is 13.0 Å². The van der Waals surface area contributed by atoms with E-state index in [4.69, 9.17) is 14.6 Å². The zero-order valence-corrected chi connectivity index (χ0v) is 11.5. The van der Waals surface area contributed by atoms with Crippen molar-refractivity contribution >= 4 is 11.8 Å². The van der Waals surface area contributed by atoms with Crippen LogP contribution in [-0.2, 0) is 19.1 Å². The first-order valence-electron chi connectivity index (χ1n) is 7.14. The maximum Gasteiger partial charge on any atom is 0.309 e. The van der Waals surface area contributed by atoms with Crippen molar-refractivity contribution in [3.8, 4) is 0 Å². The van der Waals surface area contributed by atoms with E-state index in [-0.39, 0.29) is 25.8 Å². The van der Waals surface area contributed by atoms with Crippen LogP contribution in [0.5, 0.6) is 0 Å². The lowest BCUT2D eigenvalue weighted by atomic mass is 10.2. The van der Waals surface area contributed by atoms with E-state index in [1.54, 1.807) is 0 Å². The van der Waals surface area contributed by atoms with Gasteiger partial charge in [0, 0.05) is 32.5 Å². The zero-order valence-electron chi connectivity index (χ0n) is 11.5. The largest absolute Gasteiger partial charge is 0.396 e. The summed E-state index contributed by atoms with van der Waals surface area (Å²) in [5, 5.41) is 13.5. The summed E-state index contributed by atoms with van der Waals surface area (Å²) >= 11 is 0. The van der Waals surface area contributed by atoms with Crippen LogP contribution in [-0.4, -0.2) is 55.1 Å². The van der Waals surface area contributed by atoms with Crippen LogP contribution in [0.25, 0.3) is 0 Å². The fraction of sp³-hybridized carbons (Fsp3) is 0.846. The van der Waals surface area contributed by atoms with Gasteiger partial charge in [0.15, 0.2) is 5.79 Å². The molecule has 2 rings (SSSR count). The summed E-state index contributed by atoms with van der Waals surface area (Å²) in [7, 11) is 0. The van der Waals surface area contributed by atoms with Gasteiger partial charge in [-0.15, -0.1) is 0 Å². The molecule has 0 aromatic rings. The number of nitrogens with one attached hydrogen (secondary N) is 2. The summed E-state index contributed by atoms with van der Waals surface area (Å²) in [6.45, 7) is 0.993. The Morgan fingerprint density at radius 3 is 2.60 bits per heavy atom. The van der Waals surface area contributed by atoms with Crippen LogP contribution in [0.15, 0.2) is 0 Å². The number of aliphatic hydroxyl groups is 1. The summed E-state index contributed by atoms with van der Waals surface area (Å²) in [5.41, 5.74) is 0. The molecule has 0 unspecified atom stereocenters. The van der Waals surface area contributed by atoms with E-state index in [1.165, 1.54) is 0 Å². The van der Waals surface area contributed by atoms with E-state index < -0.39 is 17.6 Å². The van der Waals surface area contributed by atoms with Gasteiger partial charge in [0.25, 0.3) is 0 Å². The quantitative estimate of drug-likeness (QED) is 0.458. The Morgan fingerprint density at radius 1 is 1.20 bits per heavy atom. The van der Waals surface area contributed by atoms with Gasteiger partial charge in [0.2, 0.25) is 0 Å². The van der Waals surface area contributed by atoms with Crippen LogP contribution in [0.2, 0.25) is 0 Å². The first-order chi connectivity index (χ1) is 9.65. The van der Waals surface area contributed by atoms with Crippen molar-refractivity contribution in [1.29, 1.82) is 0 Å². The summed E-state index contributed by atoms with van der Waals surface area (Å²) in [6.07, 6.45) is 4.25. The predicted octanol–water partition coefficient (Wildman–Crippen LogP) is -0.713. The third kappa shape index (κ3) is 3.91. The van der Waals surface area contributed by atoms with Gasteiger partial charge in [-0.25, -0.2) is 0 Å². The second-order valence-electron chi connectivity index (χ2n) is 5.21. The summed E-state index contributed by atoms with van der Waals surface area (Å²) in [6, 6.07) is 0. The fourth-order valence-electron chi connectivity index (χ4n) is 2.54. The van der Waals surface area contributed by atoms with E-state index in [2.05, 4.69) is 10.6 Å². The van der Waals surface area contributed by atoms with Crippen LogP contribution >= 0.6 is 0 Å². The van der Waals surface area contributed by atoms with Gasteiger partial charge >= 0.3 is 11.8 Å². The minimum absolute atomic E-state index is 0.0166. The van der Waals surface area contributed by atoms with Crippen molar-refractivity contribution in [3.05, 3.63) is 0 Å². The second-order valence-corrected chi connectivity index (χ2v) is 5.21. The highest BCUT2D eigenvalue weighted by molar-refractivity contribution is 6.35. The third-order valence-electron chi connectivity index (χ3n) is 3.60. The van der Waals surface area contributed by atoms with Gasteiger partial charge in [-0.1, -0.05) is 0 Å². The van der Waals surface area contributed by atoms with Gasteiger partial charge in [-0.05, 0) is 19.3 Å². The molecule has 1 heterocycles. The lowest BCUT2D eigenvalue weighted by Crippen LogP contribution is -2.43. The monoisotopic (exact) mass is 286 g/mol. The summed E-state index contributed by atoms with van der Waals surface area (Å²) < 4.78 is 11.5. The average Bonchev–Trinajstić information content (AvgIpc) is 3.07. The Bertz CT molecular complexity index is 355. The standard InChI is InChI=1S/C13H22N2O5/c16-7-3-6-14-11(17)12(18)15-8-10-9-19-13(20-10)4-1-2-5-13/h10,16H,1-9H2,(H,14,17)(H,15,18)/t10-/m1/s1. The van der Waals surface area contributed by atoms with Crippen molar-refractivity contribution in [3.63, 3.8) is 0 Å². The minimum atomic E-state index is -0.687. The minimum Gasteiger partial charge on any atom is -0.396 e. The van der Waals surface area contributed by atoms with Crippen LogP contribution in [0, 0.1) is 0 Å². The Kier molecular flexibility index (Phi) is 5.33. The molecular weight excluding hydrogens is 264 g/mol.